The fraction of sp³-hybridized carbons (Fsp3) is 0.219. The fourth-order valence-corrected chi connectivity index (χ4v) is 6.09. The van der Waals surface area contributed by atoms with Crippen LogP contribution < -0.4 is 5.32 Å². The molecule has 4 aromatic carbocycles. The average Bonchev–Trinajstić information content (AvgIpc) is 3.20. The van der Waals surface area contributed by atoms with Gasteiger partial charge in [-0.15, -0.1) is 0 Å². The van der Waals surface area contributed by atoms with Crippen LogP contribution in [0.2, 0.25) is 0 Å². The number of aliphatic hydroxyl groups is 1. The number of carbonyl (C=O) groups excluding carboxylic acids is 3. The maximum atomic E-state index is 14.0. The van der Waals surface area contributed by atoms with E-state index in [0.717, 1.165) is 26.8 Å². The Morgan fingerprint density at radius 3 is 1.97 bits per heavy atom. The Kier molecular flexibility index (Phi) is 6.26. The molecule has 1 fully saturated rings. The van der Waals surface area contributed by atoms with Crippen molar-refractivity contribution in [1.29, 1.82) is 0 Å². The number of hydrogen-bond acceptors (Lipinski definition) is 4. The summed E-state index contributed by atoms with van der Waals surface area (Å²) in [5.74, 6) is -1.89. The van der Waals surface area contributed by atoms with E-state index in [4.69, 9.17) is 0 Å². The van der Waals surface area contributed by atoms with Crippen LogP contribution in [0.15, 0.2) is 97.1 Å². The largest absolute Gasteiger partial charge is 0.394 e. The van der Waals surface area contributed by atoms with Crippen molar-refractivity contribution in [3.63, 3.8) is 0 Å². The van der Waals surface area contributed by atoms with Gasteiger partial charge in [-0.05, 0) is 46.9 Å². The molecule has 6 nitrogen and oxygen atoms in total. The molecule has 0 spiro atoms. The highest BCUT2D eigenvalue weighted by Gasteiger charge is 2.48. The highest BCUT2D eigenvalue weighted by atomic mass is 16.3. The summed E-state index contributed by atoms with van der Waals surface area (Å²) in [4.78, 5) is 42.0. The Morgan fingerprint density at radius 2 is 1.29 bits per heavy atom. The molecular weight excluding hydrogens is 476 g/mol. The fourth-order valence-electron chi connectivity index (χ4n) is 6.09. The van der Waals surface area contributed by atoms with Gasteiger partial charge in [0, 0.05) is 11.8 Å². The zero-order valence-electron chi connectivity index (χ0n) is 20.8. The summed E-state index contributed by atoms with van der Waals surface area (Å²) in [5, 5.41) is 15.6. The van der Waals surface area contributed by atoms with Crippen molar-refractivity contribution in [3.8, 4) is 0 Å². The van der Waals surface area contributed by atoms with E-state index in [-0.39, 0.29) is 12.5 Å². The van der Waals surface area contributed by atoms with Crippen molar-refractivity contribution >= 4 is 28.5 Å². The van der Waals surface area contributed by atoms with Crippen LogP contribution in [0, 0.1) is 0 Å². The van der Waals surface area contributed by atoms with Crippen LogP contribution in [0.4, 0.5) is 0 Å². The third-order valence-electron chi connectivity index (χ3n) is 7.98. The van der Waals surface area contributed by atoms with Crippen molar-refractivity contribution in [3.05, 3.63) is 119 Å². The topological polar surface area (TPSA) is 86.7 Å². The Morgan fingerprint density at radius 1 is 0.684 bits per heavy atom. The lowest BCUT2D eigenvalue weighted by atomic mass is 9.77. The van der Waals surface area contributed by atoms with Crippen LogP contribution in [0.5, 0.6) is 0 Å². The summed E-state index contributed by atoms with van der Waals surface area (Å²) in [6.07, 6.45) is 1.21. The zero-order valence-corrected chi connectivity index (χ0v) is 20.8. The quantitative estimate of drug-likeness (QED) is 0.397. The Labute approximate surface area is 220 Å². The summed E-state index contributed by atoms with van der Waals surface area (Å²) in [5.41, 5.74) is 2.55. The van der Waals surface area contributed by atoms with Gasteiger partial charge in [0.05, 0.1) is 23.8 Å². The minimum Gasteiger partial charge on any atom is -0.394 e. The number of aliphatic hydroxyl groups excluding tert-OH is 1. The number of benzene rings is 4. The number of hydrogen-bond donors (Lipinski definition) is 2. The molecule has 0 bridgehead atoms. The lowest BCUT2D eigenvalue weighted by Gasteiger charge is -2.39. The summed E-state index contributed by atoms with van der Waals surface area (Å²) in [6.45, 7) is -0.256. The van der Waals surface area contributed by atoms with E-state index in [9.17, 15) is 19.5 Å². The van der Waals surface area contributed by atoms with E-state index in [1.54, 1.807) is 24.3 Å². The standard InChI is InChI=1S/C32H28N2O4/c35-19-28-24(23-15-14-20-8-4-5-11-22(20)18-23)16-17-25(21-9-2-1-3-10-21)29(30(36)33-28)34-31(37)26-12-6-7-13-27(26)32(34)38/h1-15,18,24-25,28-29,35H,16-17,19H2,(H,33,36)/t24-,25-,28-,29-/m1/s1. The molecule has 6 rings (SSSR count). The molecule has 2 N–H and O–H groups in total. The van der Waals surface area contributed by atoms with Crippen molar-refractivity contribution in [2.45, 2.75) is 36.8 Å². The molecule has 0 radical (unpaired) electrons. The van der Waals surface area contributed by atoms with Gasteiger partial charge in [0.25, 0.3) is 11.8 Å². The van der Waals surface area contributed by atoms with Crippen molar-refractivity contribution in [2.24, 2.45) is 0 Å². The first kappa shape index (κ1) is 24.1. The summed E-state index contributed by atoms with van der Waals surface area (Å²) in [6, 6.07) is 29.1. The lowest BCUT2D eigenvalue weighted by molar-refractivity contribution is -0.127. The smallest absolute Gasteiger partial charge is 0.262 e. The van der Waals surface area contributed by atoms with Crippen LogP contribution in [0.1, 0.15) is 56.5 Å². The van der Waals surface area contributed by atoms with Crippen molar-refractivity contribution in [1.82, 2.24) is 10.2 Å². The molecule has 0 aromatic heterocycles. The van der Waals surface area contributed by atoms with Gasteiger partial charge in [-0.1, -0.05) is 84.9 Å². The number of rotatable bonds is 4. The first-order valence-corrected chi connectivity index (χ1v) is 13.0. The minimum absolute atomic E-state index is 0.136. The van der Waals surface area contributed by atoms with E-state index in [2.05, 4.69) is 35.6 Å². The second kappa shape index (κ2) is 9.88. The van der Waals surface area contributed by atoms with Crippen LogP contribution in [0.25, 0.3) is 10.8 Å². The third kappa shape index (κ3) is 4.07. The molecule has 0 unspecified atom stereocenters. The van der Waals surface area contributed by atoms with Gasteiger partial charge in [0.1, 0.15) is 6.04 Å². The average molecular weight is 505 g/mol. The summed E-state index contributed by atoms with van der Waals surface area (Å²) >= 11 is 0. The van der Waals surface area contributed by atoms with Gasteiger partial charge >= 0.3 is 0 Å². The van der Waals surface area contributed by atoms with Gasteiger partial charge < -0.3 is 10.4 Å². The molecule has 0 aliphatic carbocycles. The van der Waals surface area contributed by atoms with Crippen LogP contribution in [0.3, 0.4) is 0 Å². The van der Waals surface area contributed by atoms with Crippen molar-refractivity contribution in [2.75, 3.05) is 6.61 Å². The van der Waals surface area contributed by atoms with E-state index >= 15 is 0 Å². The predicted octanol–water partition coefficient (Wildman–Crippen LogP) is 4.64. The second-order valence-corrected chi connectivity index (χ2v) is 10.1. The Balaban J connectivity index is 1.41. The first-order valence-electron chi connectivity index (χ1n) is 13.0. The van der Waals surface area contributed by atoms with Gasteiger partial charge in [-0.3, -0.25) is 19.3 Å². The molecule has 38 heavy (non-hydrogen) atoms. The highest BCUT2D eigenvalue weighted by molar-refractivity contribution is 6.23. The normalized spacial score (nSPS) is 23.6. The molecule has 0 saturated carbocycles. The van der Waals surface area contributed by atoms with Gasteiger partial charge in [-0.25, -0.2) is 0 Å². The van der Waals surface area contributed by atoms with E-state index in [1.807, 2.05) is 42.5 Å². The molecule has 2 aliphatic heterocycles. The van der Waals surface area contributed by atoms with Gasteiger partial charge in [-0.2, -0.15) is 0 Å². The van der Waals surface area contributed by atoms with Crippen LogP contribution in [-0.2, 0) is 4.79 Å². The molecule has 2 aliphatic rings. The molecule has 4 aromatic rings. The molecule has 4 atom stereocenters. The van der Waals surface area contributed by atoms with Crippen LogP contribution >= 0.6 is 0 Å². The Hall–Kier alpha value is -4.29. The zero-order chi connectivity index (χ0) is 26.2. The second-order valence-electron chi connectivity index (χ2n) is 10.1. The third-order valence-corrected chi connectivity index (χ3v) is 7.98. The van der Waals surface area contributed by atoms with Gasteiger partial charge in [0.15, 0.2) is 0 Å². The minimum atomic E-state index is -1.03. The SMILES string of the molecule is O=C1N[C@H](CO)[C@@H](c2ccc3ccccc3c2)CC[C@H](c2ccccc2)[C@H]1N1C(=O)c2ccccc2C1=O. The Bertz CT molecular complexity index is 1500. The molecule has 3 amide bonds. The van der Waals surface area contributed by atoms with E-state index in [0.29, 0.717) is 24.0 Å². The number of nitrogens with zero attached hydrogens (tertiary/aromatic N) is 1. The lowest BCUT2D eigenvalue weighted by Crippen LogP contribution is -2.57. The predicted molar refractivity (Wildman–Crippen MR) is 145 cm³/mol. The molecular formula is C32H28N2O4. The van der Waals surface area contributed by atoms with E-state index in [1.165, 1.54) is 0 Å². The molecule has 6 heteroatoms. The summed E-state index contributed by atoms with van der Waals surface area (Å²) < 4.78 is 0. The maximum absolute atomic E-state index is 14.0. The number of carbonyl (C=O) groups is 3. The summed E-state index contributed by atoms with van der Waals surface area (Å²) in [7, 11) is 0. The van der Waals surface area contributed by atoms with Crippen LogP contribution in [-0.4, -0.2) is 46.4 Å². The first-order chi connectivity index (χ1) is 18.6. The highest BCUT2D eigenvalue weighted by Crippen LogP contribution is 2.39. The van der Waals surface area contributed by atoms with Gasteiger partial charge in [0.2, 0.25) is 5.91 Å². The number of imide groups is 1. The number of nitrogens with one attached hydrogen (secondary N) is 1. The molecule has 1 saturated heterocycles. The number of amides is 3. The van der Waals surface area contributed by atoms with Crippen molar-refractivity contribution < 1.29 is 19.5 Å². The van der Waals surface area contributed by atoms with E-state index < -0.39 is 35.7 Å². The molecule has 190 valence electrons. The number of fused-ring (bicyclic) bond motifs is 2. The molecule has 2 heterocycles. The monoisotopic (exact) mass is 504 g/mol. The maximum Gasteiger partial charge on any atom is 0.262 e.